The lowest BCUT2D eigenvalue weighted by molar-refractivity contribution is -0.127. The van der Waals surface area contributed by atoms with E-state index < -0.39 is 11.3 Å². The minimum Gasteiger partial charge on any atom is -0.492 e. The van der Waals surface area contributed by atoms with E-state index in [1.807, 2.05) is 57.2 Å². The Balaban J connectivity index is 1.61. The second-order valence-electron chi connectivity index (χ2n) is 9.28. The number of ketones is 2. The van der Waals surface area contributed by atoms with Crippen LogP contribution in [0.5, 0.6) is 17.2 Å². The normalized spacial score (nSPS) is 25.1. The number of fused-ring (bicyclic) bond motifs is 1. The first-order valence-electron chi connectivity index (χ1n) is 10.3. The van der Waals surface area contributed by atoms with Gasteiger partial charge in [-0.2, -0.15) is 0 Å². The van der Waals surface area contributed by atoms with E-state index in [4.69, 9.17) is 9.47 Å². The molecule has 4 nitrogen and oxygen atoms in total. The van der Waals surface area contributed by atoms with Gasteiger partial charge in [-0.15, -0.1) is 0 Å². The summed E-state index contributed by atoms with van der Waals surface area (Å²) in [5.41, 5.74) is 2.28. The van der Waals surface area contributed by atoms with Crippen LogP contribution < -0.4 is 9.47 Å². The average Bonchev–Trinajstić information content (AvgIpc) is 3.12. The second-order valence-corrected chi connectivity index (χ2v) is 9.28. The Morgan fingerprint density at radius 2 is 1.76 bits per heavy atom. The molecular formula is C25H28O4. The molecule has 2 aromatic carbocycles. The molecule has 0 bridgehead atoms. The van der Waals surface area contributed by atoms with Crippen molar-refractivity contribution in [1.82, 2.24) is 0 Å². The highest BCUT2D eigenvalue weighted by atomic mass is 16.5. The molecule has 152 valence electrons. The number of rotatable bonds is 4. The van der Waals surface area contributed by atoms with Crippen LogP contribution in [0.1, 0.15) is 63.1 Å². The fourth-order valence-corrected chi connectivity index (χ4v) is 4.47. The van der Waals surface area contributed by atoms with E-state index >= 15 is 0 Å². The van der Waals surface area contributed by atoms with Crippen molar-refractivity contribution in [2.45, 2.75) is 58.8 Å². The molecule has 0 amide bonds. The summed E-state index contributed by atoms with van der Waals surface area (Å²) in [6, 6.07) is 11.3. The Morgan fingerprint density at radius 1 is 1.07 bits per heavy atom. The molecule has 1 saturated carbocycles. The van der Waals surface area contributed by atoms with Crippen molar-refractivity contribution in [2.75, 3.05) is 6.61 Å². The Hall–Kier alpha value is -2.62. The van der Waals surface area contributed by atoms with Crippen LogP contribution in [0.4, 0.5) is 0 Å². The van der Waals surface area contributed by atoms with Gasteiger partial charge in [0, 0.05) is 22.8 Å². The van der Waals surface area contributed by atoms with E-state index in [2.05, 4.69) is 13.8 Å². The first-order chi connectivity index (χ1) is 13.7. The summed E-state index contributed by atoms with van der Waals surface area (Å²) >= 11 is 0. The van der Waals surface area contributed by atoms with Crippen LogP contribution in [0.3, 0.4) is 0 Å². The Bertz CT molecular complexity index is 987. The van der Waals surface area contributed by atoms with E-state index in [-0.39, 0.29) is 17.0 Å². The van der Waals surface area contributed by atoms with Gasteiger partial charge in [0.1, 0.15) is 28.9 Å². The van der Waals surface area contributed by atoms with Crippen molar-refractivity contribution in [3.63, 3.8) is 0 Å². The van der Waals surface area contributed by atoms with Gasteiger partial charge in [-0.05, 0) is 42.7 Å². The average molecular weight is 392 g/mol. The molecule has 1 aliphatic heterocycles. The summed E-state index contributed by atoms with van der Waals surface area (Å²) in [6.45, 7) is 10.8. The number of ether oxygens (including phenoxy) is 2. The number of Topliss-reactive ketones (excluding diaryl/α,β-unsaturated/α-hetero) is 2. The Morgan fingerprint density at radius 3 is 2.38 bits per heavy atom. The number of hydrogen-bond acceptors (Lipinski definition) is 4. The van der Waals surface area contributed by atoms with Gasteiger partial charge < -0.3 is 9.47 Å². The molecule has 0 saturated heterocycles. The third kappa shape index (κ3) is 3.15. The first-order valence-corrected chi connectivity index (χ1v) is 10.3. The standard InChI is InChI=1S/C25H28O4/c1-6-25(5)13-18(26)20(23(25)27)16-8-10-17(11-9-16)29-19-12-7-15(2)22-21(19)24(3,4)14-28-22/h7-12,20H,6,13-14H2,1-5H3/t20?,25-/m0/s1. The monoisotopic (exact) mass is 392 g/mol. The van der Waals surface area contributed by atoms with Crippen LogP contribution in [-0.2, 0) is 15.0 Å². The lowest BCUT2D eigenvalue weighted by atomic mass is 9.82. The maximum absolute atomic E-state index is 12.8. The topological polar surface area (TPSA) is 52.6 Å². The van der Waals surface area contributed by atoms with Gasteiger partial charge in [-0.1, -0.05) is 45.9 Å². The van der Waals surface area contributed by atoms with E-state index in [0.717, 1.165) is 28.2 Å². The van der Waals surface area contributed by atoms with Crippen molar-refractivity contribution < 1.29 is 19.1 Å². The molecule has 0 N–H and O–H groups in total. The molecule has 1 heterocycles. The van der Waals surface area contributed by atoms with Gasteiger partial charge in [-0.25, -0.2) is 0 Å². The highest BCUT2D eigenvalue weighted by Gasteiger charge is 2.49. The van der Waals surface area contributed by atoms with Crippen LogP contribution in [0.15, 0.2) is 36.4 Å². The molecule has 29 heavy (non-hydrogen) atoms. The molecule has 1 fully saturated rings. The van der Waals surface area contributed by atoms with Crippen molar-refractivity contribution in [1.29, 1.82) is 0 Å². The van der Waals surface area contributed by atoms with Crippen molar-refractivity contribution in [3.8, 4) is 17.2 Å². The molecule has 0 spiro atoms. The molecule has 0 aromatic heterocycles. The van der Waals surface area contributed by atoms with Crippen LogP contribution in [0.25, 0.3) is 0 Å². The fourth-order valence-electron chi connectivity index (χ4n) is 4.47. The summed E-state index contributed by atoms with van der Waals surface area (Å²) in [5, 5.41) is 0. The van der Waals surface area contributed by atoms with Gasteiger partial charge >= 0.3 is 0 Å². The Labute approximate surface area is 172 Å². The van der Waals surface area contributed by atoms with Crippen LogP contribution in [0, 0.1) is 12.3 Å². The summed E-state index contributed by atoms with van der Waals surface area (Å²) in [6.07, 6.45) is 1.02. The molecule has 4 heteroatoms. The molecule has 2 atom stereocenters. The number of hydrogen-bond donors (Lipinski definition) is 0. The molecule has 4 rings (SSSR count). The molecule has 2 aromatic rings. The maximum atomic E-state index is 12.8. The first kappa shape index (κ1) is 19.7. The summed E-state index contributed by atoms with van der Waals surface area (Å²) in [7, 11) is 0. The van der Waals surface area contributed by atoms with Gasteiger partial charge in [-0.3, -0.25) is 9.59 Å². The maximum Gasteiger partial charge on any atom is 0.154 e. The molecular weight excluding hydrogens is 364 g/mol. The zero-order chi connectivity index (χ0) is 21.0. The van der Waals surface area contributed by atoms with Gasteiger partial charge in [0.25, 0.3) is 0 Å². The van der Waals surface area contributed by atoms with Crippen molar-refractivity contribution in [3.05, 3.63) is 53.1 Å². The van der Waals surface area contributed by atoms with Crippen molar-refractivity contribution >= 4 is 11.6 Å². The van der Waals surface area contributed by atoms with Gasteiger partial charge in [0.15, 0.2) is 5.78 Å². The fraction of sp³-hybridized carbons (Fsp3) is 0.440. The largest absolute Gasteiger partial charge is 0.492 e. The number of aryl methyl sites for hydroxylation is 1. The zero-order valence-electron chi connectivity index (χ0n) is 17.8. The van der Waals surface area contributed by atoms with E-state index in [1.165, 1.54) is 0 Å². The molecule has 0 radical (unpaired) electrons. The second kappa shape index (κ2) is 6.72. The summed E-state index contributed by atoms with van der Waals surface area (Å²) in [4.78, 5) is 25.3. The molecule has 1 aliphatic carbocycles. The van der Waals surface area contributed by atoms with Gasteiger partial charge in [0.05, 0.1) is 6.61 Å². The lowest BCUT2D eigenvalue weighted by Crippen LogP contribution is -2.23. The Kier molecular flexibility index (Phi) is 4.56. The highest BCUT2D eigenvalue weighted by molar-refractivity contribution is 6.16. The zero-order valence-corrected chi connectivity index (χ0v) is 17.8. The minimum atomic E-state index is -0.648. The highest BCUT2D eigenvalue weighted by Crippen LogP contribution is 2.47. The molecule has 2 aliphatic rings. The third-order valence-electron chi connectivity index (χ3n) is 6.54. The van der Waals surface area contributed by atoms with E-state index in [1.54, 1.807) is 0 Å². The molecule has 1 unspecified atom stereocenters. The van der Waals surface area contributed by atoms with Crippen molar-refractivity contribution in [2.24, 2.45) is 5.41 Å². The predicted octanol–water partition coefficient (Wildman–Crippen LogP) is 5.50. The lowest BCUT2D eigenvalue weighted by Gasteiger charge is -2.20. The van der Waals surface area contributed by atoms with E-state index in [0.29, 0.717) is 25.2 Å². The number of benzene rings is 2. The smallest absolute Gasteiger partial charge is 0.154 e. The summed E-state index contributed by atoms with van der Waals surface area (Å²) in [5.74, 6) is 1.78. The summed E-state index contributed by atoms with van der Waals surface area (Å²) < 4.78 is 12.1. The van der Waals surface area contributed by atoms with E-state index in [9.17, 15) is 9.59 Å². The number of carbonyl (C=O) groups is 2. The van der Waals surface area contributed by atoms with Gasteiger partial charge in [0.2, 0.25) is 0 Å². The predicted molar refractivity (Wildman–Crippen MR) is 112 cm³/mol. The van der Waals surface area contributed by atoms with Crippen LogP contribution in [0.2, 0.25) is 0 Å². The number of carbonyl (C=O) groups excluding carboxylic acids is 2. The van der Waals surface area contributed by atoms with Crippen LogP contribution >= 0.6 is 0 Å². The third-order valence-corrected chi connectivity index (χ3v) is 6.54. The quantitative estimate of drug-likeness (QED) is 0.645. The van der Waals surface area contributed by atoms with Crippen LogP contribution in [-0.4, -0.2) is 18.2 Å². The SMILES string of the molecule is CC[C@@]1(C)CC(=O)C(c2ccc(Oc3ccc(C)c4c3C(C)(C)CO4)cc2)C1=O. The minimum absolute atomic E-state index is 0.0169.